The van der Waals surface area contributed by atoms with Gasteiger partial charge in [-0.1, -0.05) is 0 Å². The minimum atomic E-state index is -0.965. The van der Waals surface area contributed by atoms with E-state index in [-0.39, 0.29) is 24.0 Å². The van der Waals surface area contributed by atoms with Gasteiger partial charge < -0.3 is 15.0 Å². The number of hydrogen-bond donors (Lipinski definition) is 2. The van der Waals surface area contributed by atoms with Gasteiger partial charge in [-0.15, -0.1) is 0 Å². The largest absolute Gasteiger partial charge is 0.385 e. The van der Waals surface area contributed by atoms with Crippen molar-refractivity contribution in [2.75, 3.05) is 43.1 Å². The molecule has 13 heteroatoms. The van der Waals surface area contributed by atoms with Gasteiger partial charge in [0.05, 0.1) is 59.5 Å². The molecule has 3 aliphatic heterocycles. The Morgan fingerprint density at radius 2 is 1.77 bits per heavy atom. The van der Waals surface area contributed by atoms with Crippen LogP contribution in [0, 0.1) is 5.92 Å². The molecular weight excluding hydrogens is 612 g/mol. The molecule has 1 saturated carbocycles. The first-order valence-corrected chi connectivity index (χ1v) is 16.6. The van der Waals surface area contributed by atoms with Gasteiger partial charge in [-0.25, -0.2) is 4.98 Å². The molecule has 246 valence electrons. The van der Waals surface area contributed by atoms with Gasteiger partial charge in [0.2, 0.25) is 11.8 Å². The normalized spacial score (nSPS) is 22.5. The number of nitrogens with zero attached hydrogens (tertiary/aromatic N) is 6. The van der Waals surface area contributed by atoms with Crippen molar-refractivity contribution in [2.45, 2.75) is 50.6 Å². The van der Waals surface area contributed by atoms with Gasteiger partial charge in [0, 0.05) is 49.2 Å². The topological polar surface area (TPSA) is 152 Å². The Labute approximate surface area is 276 Å². The second kappa shape index (κ2) is 12.5. The number of amides is 4. The first-order chi connectivity index (χ1) is 23.4. The number of benzene rings is 2. The van der Waals surface area contributed by atoms with Crippen LogP contribution in [0.5, 0.6) is 0 Å². The molecule has 2 N–H and O–H groups in total. The van der Waals surface area contributed by atoms with Gasteiger partial charge in [-0.2, -0.15) is 5.10 Å². The number of anilines is 2. The van der Waals surface area contributed by atoms with Crippen LogP contribution in [0.25, 0.3) is 22.3 Å². The molecule has 1 atom stereocenters. The highest BCUT2D eigenvalue weighted by molar-refractivity contribution is 6.23. The van der Waals surface area contributed by atoms with Crippen LogP contribution in [0.1, 0.15) is 65.3 Å². The number of rotatable bonds is 9. The molecule has 2 aromatic carbocycles. The maximum absolute atomic E-state index is 13.1. The Morgan fingerprint density at radius 3 is 2.60 bits per heavy atom. The molecule has 2 aromatic heterocycles. The zero-order valence-electron chi connectivity index (χ0n) is 26.4. The summed E-state index contributed by atoms with van der Waals surface area (Å²) in [4.78, 5) is 62.7. The molecule has 0 radical (unpaired) electrons. The molecule has 0 bridgehead atoms. The zero-order valence-corrected chi connectivity index (χ0v) is 26.4. The fourth-order valence-corrected chi connectivity index (χ4v) is 7.18. The predicted octanol–water partition coefficient (Wildman–Crippen LogP) is 3.57. The number of fused-ring (bicyclic) bond motifs is 2. The molecule has 5 heterocycles. The fraction of sp³-hybridized carbons (Fsp3) is 0.400. The summed E-state index contributed by atoms with van der Waals surface area (Å²) in [6.45, 7) is 3.99. The number of hydrogen-bond acceptors (Lipinski definition) is 10. The van der Waals surface area contributed by atoms with Gasteiger partial charge >= 0.3 is 0 Å². The Balaban J connectivity index is 0.809. The number of piperidine rings is 1. The van der Waals surface area contributed by atoms with Crippen molar-refractivity contribution in [2.24, 2.45) is 5.92 Å². The van der Waals surface area contributed by atoms with Crippen LogP contribution in [-0.4, -0.2) is 87.2 Å². The number of nitrogens with one attached hydrogen (secondary N) is 2. The number of ether oxygens (including phenoxy) is 1. The van der Waals surface area contributed by atoms with E-state index in [4.69, 9.17) is 14.7 Å². The van der Waals surface area contributed by atoms with E-state index in [0.717, 1.165) is 97.1 Å². The number of morpholine rings is 1. The Morgan fingerprint density at radius 1 is 0.938 bits per heavy atom. The molecule has 8 rings (SSSR count). The monoisotopic (exact) mass is 648 g/mol. The van der Waals surface area contributed by atoms with Gasteiger partial charge in [0.25, 0.3) is 11.8 Å². The fourth-order valence-electron chi connectivity index (χ4n) is 7.18. The summed E-state index contributed by atoms with van der Waals surface area (Å²) in [5, 5.41) is 10.2. The quantitative estimate of drug-likeness (QED) is 0.204. The second-order valence-corrected chi connectivity index (χ2v) is 13.0. The van der Waals surface area contributed by atoms with E-state index in [2.05, 4.69) is 43.6 Å². The maximum atomic E-state index is 13.1. The summed E-state index contributed by atoms with van der Waals surface area (Å²) < 4.78 is 7.53. The van der Waals surface area contributed by atoms with Crippen LogP contribution in [-0.2, 0) is 14.3 Å². The highest BCUT2D eigenvalue weighted by atomic mass is 16.5. The Kier molecular flexibility index (Phi) is 7.83. The second-order valence-electron chi connectivity index (χ2n) is 13.0. The number of carbonyl (C=O) groups is 4. The van der Waals surface area contributed by atoms with Crippen molar-refractivity contribution in [1.29, 1.82) is 0 Å². The molecule has 2 saturated heterocycles. The molecule has 4 aromatic rings. The van der Waals surface area contributed by atoms with Crippen LogP contribution in [0.2, 0.25) is 0 Å². The summed E-state index contributed by atoms with van der Waals surface area (Å²) in [6, 6.07) is 10.7. The average Bonchev–Trinajstić information content (AvgIpc) is 3.66. The van der Waals surface area contributed by atoms with Crippen LogP contribution >= 0.6 is 0 Å². The summed E-state index contributed by atoms with van der Waals surface area (Å²) in [5.41, 5.74) is 5.98. The highest BCUT2D eigenvalue weighted by Gasteiger charge is 2.44. The van der Waals surface area contributed by atoms with E-state index in [1.165, 1.54) is 0 Å². The van der Waals surface area contributed by atoms with Crippen LogP contribution in [0.4, 0.5) is 11.4 Å². The molecule has 4 aliphatic rings. The third-order valence-electron chi connectivity index (χ3n) is 9.94. The Bertz CT molecular complexity index is 1930. The van der Waals surface area contributed by atoms with Gasteiger partial charge in [-0.05, 0) is 74.4 Å². The lowest BCUT2D eigenvalue weighted by Crippen LogP contribution is -2.54. The Hall–Kier alpha value is -5.17. The van der Waals surface area contributed by atoms with Crippen LogP contribution in [0.15, 0.2) is 55.0 Å². The standard InChI is InChI=1S/C35H36N8O5/c44-32-8-7-31(33(45)40-32)43-34(46)26-5-3-23(16-27(26)35(43)47)36-9-1-2-21-14-25(15-21)42-20-22(18-38-42)30-19-37-29-17-24(4-6-28(29)39-30)41-10-12-48-13-11-41/h3-6,16-21,25,31,36H,1-2,7-15H2,(H,40,44,45). The lowest BCUT2D eigenvalue weighted by Gasteiger charge is -2.35. The lowest BCUT2D eigenvalue weighted by atomic mass is 9.77. The first-order valence-electron chi connectivity index (χ1n) is 16.6. The molecule has 4 amide bonds. The van der Waals surface area contributed by atoms with Crippen molar-refractivity contribution in [3.05, 3.63) is 66.1 Å². The molecule has 0 spiro atoms. The smallest absolute Gasteiger partial charge is 0.262 e. The van der Waals surface area contributed by atoms with E-state index in [0.29, 0.717) is 12.0 Å². The minimum Gasteiger partial charge on any atom is -0.385 e. The number of carbonyl (C=O) groups excluding carboxylic acids is 4. The zero-order chi connectivity index (χ0) is 32.8. The number of aromatic nitrogens is 4. The highest BCUT2D eigenvalue weighted by Crippen LogP contribution is 2.40. The van der Waals surface area contributed by atoms with E-state index >= 15 is 0 Å². The van der Waals surface area contributed by atoms with Gasteiger partial charge in [-0.3, -0.25) is 39.1 Å². The van der Waals surface area contributed by atoms with Crippen molar-refractivity contribution < 1.29 is 23.9 Å². The first kappa shape index (κ1) is 30.2. The summed E-state index contributed by atoms with van der Waals surface area (Å²) in [6.07, 6.45) is 10.2. The van der Waals surface area contributed by atoms with E-state index < -0.39 is 29.7 Å². The molecule has 1 unspecified atom stereocenters. The van der Waals surface area contributed by atoms with Gasteiger partial charge in [0.1, 0.15) is 6.04 Å². The van der Waals surface area contributed by atoms with Crippen molar-refractivity contribution in [3.8, 4) is 11.3 Å². The van der Waals surface area contributed by atoms with Crippen molar-refractivity contribution in [3.63, 3.8) is 0 Å². The van der Waals surface area contributed by atoms with Crippen LogP contribution < -0.4 is 15.5 Å². The minimum absolute atomic E-state index is 0.0963. The molecular formula is C35H36N8O5. The van der Waals surface area contributed by atoms with Crippen molar-refractivity contribution in [1.82, 2.24) is 30.0 Å². The maximum Gasteiger partial charge on any atom is 0.262 e. The van der Waals surface area contributed by atoms with E-state index in [1.54, 1.807) is 18.2 Å². The van der Waals surface area contributed by atoms with Crippen LogP contribution in [0.3, 0.4) is 0 Å². The summed E-state index contributed by atoms with van der Waals surface area (Å²) >= 11 is 0. The average molecular weight is 649 g/mol. The van der Waals surface area contributed by atoms with Gasteiger partial charge in [0.15, 0.2) is 0 Å². The molecule has 1 aliphatic carbocycles. The SMILES string of the molecule is O=C1CCC(N2C(=O)c3ccc(NCCCC4CC(n5cc(-c6cnc7cc(N8CCOCC8)ccc7n6)cn5)C4)cc3C2=O)C(=O)N1. The summed E-state index contributed by atoms with van der Waals surface area (Å²) in [5.74, 6) is -1.38. The third kappa shape index (κ3) is 5.68. The summed E-state index contributed by atoms with van der Waals surface area (Å²) in [7, 11) is 0. The van der Waals surface area contributed by atoms with E-state index in [1.807, 2.05) is 18.5 Å². The molecule has 13 nitrogen and oxygen atoms in total. The predicted molar refractivity (Wildman–Crippen MR) is 176 cm³/mol. The van der Waals surface area contributed by atoms with Crippen molar-refractivity contribution >= 4 is 46.0 Å². The lowest BCUT2D eigenvalue weighted by molar-refractivity contribution is -0.136. The molecule has 48 heavy (non-hydrogen) atoms. The molecule has 3 fully saturated rings. The third-order valence-corrected chi connectivity index (χ3v) is 9.94. The number of imide groups is 2. The van der Waals surface area contributed by atoms with E-state index in [9.17, 15) is 19.2 Å².